The molecule has 0 radical (unpaired) electrons. The van der Waals surface area contributed by atoms with Gasteiger partial charge in [0.15, 0.2) is 6.61 Å². The quantitative estimate of drug-likeness (QED) is 0.617. The van der Waals surface area contributed by atoms with Crippen LogP contribution >= 0.6 is 11.3 Å². The molecule has 0 saturated heterocycles. The molecule has 1 amide bonds. The van der Waals surface area contributed by atoms with E-state index in [0.717, 1.165) is 31.8 Å². The highest BCUT2D eigenvalue weighted by molar-refractivity contribution is 7.18. The SMILES string of the molecule is Cc1ccc(NC(=O)COC(=O)CNc2ncnc3sc(C)c(C)c23)cc1C. The zero-order chi connectivity index (χ0) is 20.3. The van der Waals surface area contributed by atoms with Crippen molar-refractivity contribution in [1.29, 1.82) is 0 Å². The third kappa shape index (κ3) is 4.45. The summed E-state index contributed by atoms with van der Waals surface area (Å²) in [7, 11) is 0. The predicted molar refractivity (Wildman–Crippen MR) is 111 cm³/mol. The van der Waals surface area contributed by atoms with Crippen LogP contribution in [0.1, 0.15) is 21.6 Å². The molecule has 2 aromatic heterocycles. The Morgan fingerprint density at radius 3 is 2.64 bits per heavy atom. The molecule has 0 aliphatic rings. The summed E-state index contributed by atoms with van der Waals surface area (Å²) in [5.41, 5.74) is 3.98. The van der Waals surface area contributed by atoms with Gasteiger partial charge in [-0.25, -0.2) is 9.97 Å². The number of anilines is 2. The fourth-order valence-corrected chi connectivity index (χ4v) is 3.68. The maximum Gasteiger partial charge on any atom is 0.325 e. The topological polar surface area (TPSA) is 93.2 Å². The molecule has 28 heavy (non-hydrogen) atoms. The van der Waals surface area contributed by atoms with E-state index in [2.05, 4.69) is 20.6 Å². The van der Waals surface area contributed by atoms with Gasteiger partial charge in [0.1, 0.15) is 23.5 Å². The number of carbonyl (C=O) groups excluding carboxylic acids is 2. The number of nitrogens with one attached hydrogen (secondary N) is 2. The number of carbonyl (C=O) groups is 2. The molecule has 3 aromatic rings. The van der Waals surface area contributed by atoms with E-state index < -0.39 is 5.97 Å². The fraction of sp³-hybridized carbons (Fsp3) is 0.300. The monoisotopic (exact) mass is 398 g/mol. The number of aromatic nitrogens is 2. The summed E-state index contributed by atoms with van der Waals surface area (Å²) in [4.78, 5) is 34.5. The Hall–Kier alpha value is -3.00. The van der Waals surface area contributed by atoms with Crippen molar-refractivity contribution >= 4 is 44.9 Å². The average Bonchev–Trinajstić information content (AvgIpc) is 2.96. The summed E-state index contributed by atoms with van der Waals surface area (Å²) in [5, 5.41) is 6.60. The van der Waals surface area contributed by atoms with E-state index in [9.17, 15) is 9.59 Å². The summed E-state index contributed by atoms with van der Waals surface area (Å²) in [6.07, 6.45) is 1.46. The molecule has 2 heterocycles. The van der Waals surface area contributed by atoms with E-state index in [1.165, 1.54) is 6.33 Å². The van der Waals surface area contributed by atoms with Crippen LogP contribution in [0.3, 0.4) is 0 Å². The van der Waals surface area contributed by atoms with E-state index in [4.69, 9.17) is 4.74 Å². The van der Waals surface area contributed by atoms with Gasteiger partial charge in [0.2, 0.25) is 0 Å². The summed E-state index contributed by atoms with van der Waals surface area (Å²) in [6.45, 7) is 7.56. The number of benzene rings is 1. The van der Waals surface area contributed by atoms with Crippen LogP contribution in [0.5, 0.6) is 0 Å². The van der Waals surface area contributed by atoms with Crippen molar-refractivity contribution in [3.63, 3.8) is 0 Å². The van der Waals surface area contributed by atoms with E-state index in [1.54, 1.807) is 11.3 Å². The molecule has 8 heteroatoms. The number of esters is 1. The van der Waals surface area contributed by atoms with Gasteiger partial charge in [0, 0.05) is 10.6 Å². The first-order valence-corrected chi connectivity index (χ1v) is 9.64. The lowest BCUT2D eigenvalue weighted by atomic mass is 10.1. The molecule has 0 fully saturated rings. The van der Waals surface area contributed by atoms with E-state index in [1.807, 2.05) is 45.9 Å². The number of fused-ring (bicyclic) bond motifs is 1. The van der Waals surface area contributed by atoms with Crippen molar-refractivity contribution in [1.82, 2.24) is 9.97 Å². The van der Waals surface area contributed by atoms with Gasteiger partial charge < -0.3 is 15.4 Å². The zero-order valence-corrected chi connectivity index (χ0v) is 17.1. The second kappa shape index (κ2) is 8.35. The second-order valence-electron chi connectivity index (χ2n) is 6.55. The molecule has 3 rings (SSSR count). The van der Waals surface area contributed by atoms with Gasteiger partial charge in [0.25, 0.3) is 5.91 Å². The highest BCUT2D eigenvalue weighted by Gasteiger charge is 2.14. The molecule has 0 spiro atoms. The Balaban J connectivity index is 1.52. The minimum atomic E-state index is -0.536. The largest absolute Gasteiger partial charge is 0.454 e. The van der Waals surface area contributed by atoms with Crippen molar-refractivity contribution < 1.29 is 14.3 Å². The molecule has 1 aromatic carbocycles. The summed E-state index contributed by atoms with van der Waals surface area (Å²) in [5.74, 6) is -0.333. The Kier molecular flexibility index (Phi) is 5.89. The van der Waals surface area contributed by atoms with Crippen LogP contribution in [0.2, 0.25) is 0 Å². The number of nitrogens with zero attached hydrogens (tertiary/aromatic N) is 2. The normalized spacial score (nSPS) is 10.7. The first kappa shape index (κ1) is 19.8. The third-order valence-corrected chi connectivity index (χ3v) is 5.64. The van der Waals surface area contributed by atoms with Gasteiger partial charge >= 0.3 is 5.97 Å². The smallest absolute Gasteiger partial charge is 0.325 e. The molecule has 0 unspecified atom stereocenters. The van der Waals surface area contributed by atoms with Crippen molar-refractivity contribution in [2.45, 2.75) is 27.7 Å². The highest BCUT2D eigenvalue weighted by Crippen LogP contribution is 2.32. The fourth-order valence-electron chi connectivity index (χ4n) is 2.69. The van der Waals surface area contributed by atoms with Crippen LogP contribution in [0.4, 0.5) is 11.5 Å². The van der Waals surface area contributed by atoms with Gasteiger partial charge in [-0.15, -0.1) is 11.3 Å². The lowest BCUT2D eigenvalue weighted by molar-refractivity contribution is -0.145. The number of aryl methyl sites for hydroxylation is 4. The summed E-state index contributed by atoms with van der Waals surface area (Å²) in [6, 6.07) is 5.62. The highest BCUT2D eigenvalue weighted by atomic mass is 32.1. The predicted octanol–water partition coefficient (Wildman–Crippen LogP) is 3.52. The van der Waals surface area contributed by atoms with Crippen LogP contribution in [-0.2, 0) is 14.3 Å². The lowest BCUT2D eigenvalue weighted by Gasteiger charge is -2.09. The lowest BCUT2D eigenvalue weighted by Crippen LogP contribution is -2.24. The Labute approximate surface area is 167 Å². The molecule has 146 valence electrons. The molecule has 0 bridgehead atoms. The third-order valence-electron chi connectivity index (χ3n) is 4.52. The number of ether oxygens (including phenoxy) is 1. The van der Waals surface area contributed by atoms with Crippen LogP contribution in [-0.4, -0.2) is 35.0 Å². The molecule has 7 nitrogen and oxygen atoms in total. The number of hydrogen-bond acceptors (Lipinski definition) is 7. The number of hydrogen-bond donors (Lipinski definition) is 2. The van der Waals surface area contributed by atoms with Gasteiger partial charge in [-0.2, -0.15) is 0 Å². The first-order chi connectivity index (χ1) is 13.3. The minimum absolute atomic E-state index is 0.0859. The molecule has 0 saturated carbocycles. The standard InChI is InChI=1S/C20H22N4O3S/c1-11-5-6-15(7-12(11)2)24-16(25)9-27-17(26)8-21-19-18-13(3)14(4)28-20(18)23-10-22-19/h5-7,10H,8-9H2,1-4H3,(H,24,25)(H,21,22,23). The van der Waals surface area contributed by atoms with E-state index >= 15 is 0 Å². The molecule has 2 N–H and O–H groups in total. The van der Waals surface area contributed by atoms with E-state index in [-0.39, 0.29) is 19.1 Å². The van der Waals surface area contributed by atoms with Gasteiger partial charge in [-0.3, -0.25) is 9.59 Å². The van der Waals surface area contributed by atoms with Gasteiger partial charge in [0.05, 0.1) is 5.39 Å². The maximum absolute atomic E-state index is 12.0. The first-order valence-electron chi connectivity index (χ1n) is 8.82. The Morgan fingerprint density at radius 1 is 1.11 bits per heavy atom. The molecular weight excluding hydrogens is 376 g/mol. The van der Waals surface area contributed by atoms with Crippen LogP contribution in [0.25, 0.3) is 10.2 Å². The van der Waals surface area contributed by atoms with Gasteiger partial charge in [-0.1, -0.05) is 6.07 Å². The van der Waals surface area contributed by atoms with Crippen LogP contribution in [0.15, 0.2) is 24.5 Å². The average molecular weight is 398 g/mol. The number of amides is 1. The molecule has 0 aliphatic carbocycles. The minimum Gasteiger partial charge on any atom is -0.454 e. The number of thiophene rings is 1. The Morgan fingerprint density at radius 2 is 1.89 bits per heavy atom. The van der Waals surface area contributed by atoms with Crippen LogP contribution < -0.4 is 10.6 Å². The molecular formula is C20H22N4O3S. The number of rotatable bonds is 6. The van der Waals surface area contributed by atoms with Gasteiger partial charge in [-0.05, 0) is 56.5 Å². The van der Waals surface area contributed by atoms with Crippen LogP contribution in [0, 0.1) is 27.7 Å². The summed E-state index contributed by atoms with van der Waals surface area (Å²) >= 11 is 1.58. The van der Waals surface area contributed by atoms with Crippen molar-refractivity contribution in [3.05, 3.63) is 46.1 Å². The second-order valence-corrected chi connectivity index (χ2v) is 7.75. The zero-order valence-electron chi connectivity index (χ0n) is 16.3. The molecule has 0 atom stereocenters. The van der Waals surface area contributed by atoms with E-state index in [0.29, 0.717) is 11.5 Å². The van der Waals surface area contributed by atoms with Crippen molar-refractivity contribution in [3.8, 4) is 0 Å². The van der Waals surface area contributed by atoms with Crippen molar-refractivity contribution in [2.75, 3.05) is 23.8 Å². The molecule has 0 aliphatic heterocycles. The Bertz CT molecular complexity index is 1050. The summed E-state index contributed by atoms with van der Waals surface area (Å²) < 4.78 is 5.04. The maximum atomic E-state index is 12.0. The van der Waals surface area contributed by atoms with Crippen molar-refractivity contribution in [2.24, 2.45) is 0 Å².